The van der Waals surface area contributed by atoms with E-state index in [0.717, 1.165) is 5.69 Å². The first-order valence-electron chi connectivity index (χ1n) is 7.16. The van der Waals surface area contributed by atoms with E-state index in [-0.39, 0.29) is 12.5 Å². The average Bonchev–Trinajstić information content (AvgIpc) is 3.01. The van der Waals surface area contributed by atoms with Crippen molar-refractivity contribution < 1.29 is 9.53 Å². The zero-order chi connectivity index (χ0) is 16.9. The monoisotopic (exact) mass is 359 g/mol. The minimum absolute atomic E-state index is 0.0879. The molecule has 0 bridgehead atoms. The van der Waals surface area contributed by atoms with Crippen molar-refractivity contribution in [3.8, 4) is 11.4 Å². The first-order chi connectivity index (χ1) is 11.6. The van der Waals surface area contributed by atoms with Crippen molar-refractivity contribution >= 4 is 35.4 Å². The second-order valence-corrected chi connectivity index (χ2v) is 5.80. The van der Waals surface area contributed by atoms with Crippen molar-refractivity contribution in [2.45, 2.75) is 0 Å². The molecule has 0 spiro atoms. The second kappa shape index (κ2) is 7.33. The SMILES string of the molecule is O=C(COc1ccc(Cl)cc1)Nc1cccc(-n2cc[nH]c2=S)c1. The molecule has 3 aromatic rings. The molecule has 0 atom stereocenters. The molecular weight excluding hydrogens is 346 g/mol. The molecule has 0 fully saturated rings. The van der Waals surface area contributed by atoms with Crippen LogP contribution in [0.4, 0.5) is 5.69 Å². The Hall–Kier alpha value is -2.57. The standard InChI is InChI=1S/C17H14ClN3O2S/c18-12-4-6-15(7-5-12)23-11-16(22)20-13-2-1-3-14(10-13)21-9-8-19-17(21)24/h1-10H,11H2,(H,19,24)(H,20,22). The van der Waals surface area contributed by atoms with Gasteiger partial charge in [-0.1, -0.05) is 17.7 Å². The number of ether oxygens (including phenoxy) is 1. The fraction of sp³-hybridized carbons (Fsp3) is 0.0588. The van der Waals surface area contributed by atoms with Crippen LogP contribution < -0.4 is 10.1 Å². The molecule has 0 aliphatic carbocycles. The van der Waals surface area contributed by atoms with Gasteiger partial charge in [0, 0.05) is 28.8 Å². The van der Waals surface area contributed by atoms with E-state index in [1.807, 2.05) is 29.0 Å². The number of nitrogens with one attached hydrogen (secondary N) is 2. The molecule has 3 rings (SSSR count). The summed E-state index contributed by atoms with van der Waals surface area (Å²) in [4.78, 5) is 15.0. The number of aromatic amines is 1. The predicted octanol–water partition coefficient (Wildman–Crippen LogP) is 4.21. The lowest BCUT2D eigenvalue weighted by atomic mass is 10.2. The Bertz CT molecular complexity index is 902. The van der Waals surface area contributed by atoms with Crippen LogP contribution in [0.1, 0.15) is 0 Å². The fourth-order valence-electron chi connectivity index (χ4n) is 2.13. The fourth-order valence-corrected chi connectivity index (χ4v) is 2.49. The highest BCUT2D eigenvalue weighted by Crippen LogP contribution is 2.17. The van der Waals surface area contributed by atoms with Gasteiger partial charge in [0.1, 0.15) is 5.75 Å². The van der Waals surface area contributed by atoms with Gasteiger partial charge in [-0.05, 0) is 54.7 Å². The van der Waals surface area contributed by atoms with Crippen LogP contribution >= 0.6 is 23.8 Å². The number of carbonyl (C=O) groups excluding carboxylic acids is 1. The summed E-state index contributed by atoms with van der Waals surface area (Å²) in [6.45, 7) is -0.0879. The number of hydrogen-bond acceptors (Lipinski definition) is 3. The van der Waals surface area contributed by atoms with E-state index in [4.69, 9.17) is 28.6 Å². The van der Waals surface area contributed by atoms with Crippen molar-refractivity contribution in [3.63, 3.8) is 0 Å². The molecule has 2 N–H and O–H groups in total. The number of halogens is 1. The van der Waals surface area contributed by atoms with Gasteiger partial charge in [0.05, 0.1) is 0 Å². The molecule has 1 amide bonds. The predicted molar refractivity (Wildman–Crippen MR) is 96.5 cm³/mol. The lowest BCUT2D eigenvalue weighted by molar-refractivity contribution is -0.118. The van der Waals surface area contributed by atoms with Crippen LogP contribution in [0.25, 0.3) is 5.69 Å². The second-order valence-electron chi connectivity index (χ2n) is 4.98. The van der Waals surface area contributed by atoms with Gasteiger partial charge in [-0.2, -0.15) is 0 Å². The minimum Gasteiger partial charge on any atom is -0.484 e. The maximum Gasteiger partial charge on any atom is 0.262 e. The summed E-state index contributed by atoms with van der Waals surface area (Å²) in [5, 5.41) is 3.42. The van der Waals surface area contributed by atoms with E-state index in [0.29, 0.717) is 21.2 Å². The maximum atomic E-state index is 12.0. The van der Waals surface area contributed by atoms with Crippen molar-refractivity contribution in [3.05, 3.63) is 70.7 Å². The summed E-state index contributed by atoms with van der Waals surface area (Å²) in [7, 11) is 0. The van der Waals surface area contributed by atoms with Gasteiger partial charge in [-0.25, -0.2) is 0 Å². The smallest absolute Gasteiger partial charge is 0.262 e. The van der Waals surface area contributed by atoms with Crippen molar-refractivity contribution in [1.29, 1.82) is 0 Å². The van der Waals surface area contributed by atoms with Gasteiger partial charge in [0.25, 0.3) is 5.91 Å². The minimum atomic E-state index is -0.250. The number of amides is 1. The first-order valence-corrected chi connectivity index (χ1v) is 7.95. The number of benzene rings is 2. The van der Waals surface area contributed by atoms with Crippen LogP contribution in [0.2, 0.25) is 5.02 Å². The zero-order valence-electron chi connectivity index (χ0n) is 12.5. The van der Waals surface area contributed by atoms with Crippen molar-refractivity contribution in [1.82, 2.24) is 9.55 Å². The molecule has 0 saturated carbocycles. The van der Waals surface area contributed by atoms with E-state index in [9.17, 15) is 4.79 Å². The third kappa shape index (κ3) is 4.04. The molecule has 1 heterocycles. The van der Waals surface area contributed by atoms with E-state index in [1.54, 1.807) is 36.5 Å². The molecule has 24 heavy (non-hydrogen) atoms. The molecule has 0 radical (unpaired) electrons. The van der Waals surface area contributed by atoms with E-state index in [1.165, 1.54) is 0 Å². The number of rotatable bonds is 5. The van der Waals surface area contributed by atoms with Crippen molar-refractivity contribution in [2.75, 3.05) is 11.9 Å². The van der Waals surface area contributed by atoms with Gasteiger partial charge >= 0.3 is 0 Å². The van der Waals surface area contributed by atoms with E-state index in [2.05, 4.69) is 10.3 Å². The summed E-state index contributed by atoms with van der Waals surface area (Å²) >= 11 is 11.0. The third-order valence-electron chi connectivity index (χ3n) is 3.24. The van der Waals surface area contributed by atoms with Crippen LogP contribution in [-0.4, -0.2) is 22.1 Å². The van der Waals surface area contributed by atoms with Gasteiger partial charge in [0.15, 0.2) is 11.4 Å². The Morgan fingerprint density at radius 1 is 1.25 bits per heavy atom. The highest BCUT2D eigenvalue weighted by atomic mass is 35.5. The number of nitrogens with zero attached hydrogens (tertiary/aromatic N) is 1. The van der Waals surface area contributed by atoms with Gasteiger partial charge in [-0.3, -0.25) is 9.36 Å². The van der Waals surface area contributed by atoms with E-state index < -0.39 is 0 Å². The van der Waals surface area contributed by atoms with Crippen LogP contribution in [0.5, 0.6) is 5.75 Å². The first kappa shape index (κ1) is 16.3. The molecule has 0 unspecified atom stereocenters. The zero-order valence-corrected chi connectivity index (χ0v) is 14.1. The highest BCUT2D eigenvalue weighted by molar-refractivity contribution is 7.71. The molecular formula is C17H14ClN3O2S. The number of imidazole rings is 1. The number of anilines is 1. The molecule has 122 valence electrons. The number of carbonyl (C=O) groups is 1. The molecule has 1 aromatic heterocycles. The topological polar surface area (TPSA) is 59.0 Å². The summed E-state index contributed by atoms with van der Waals surface area (Å²) in [6, 6.07) is 14.2. The Kier molecular flexibility index (Phi) is 4.98. The molecule has 2 aromatic carbocycles. The highest BCUT2D eigenvalue weighted by Gasteiger charge is 2.05. The van der Waals surface area contributed by atoms with Gasteiger partial charge < -0.3 is 15.0 Å². The average molecular weight is 360 g/mol. The number of H-pyrrole nitrogens is 1. The Labute approximate surface area is 148 Å². The summed E-state index contributed by atoms with van der Waals surface area (Å²) in [6.07, 6.45) is 3.58. The molecule has 5 nitrogen and oxygen atoms in total. The van der Waals surface area contributed by atoms with Crippen LogP contribution in [0.15, 0.2) is 60.9 Å². The Morgan fingerprint density at radius 3 is 2.75 bits per heavy atom. The number of aromatic nitrogens is 2. The quantitative estimate of drug-likeness (QED) is 0.671. The normalized spacial score (nSPS) is 10.4. The lowest BCUT2D eigenvalue weighted by Gasteiger charge is -2.09. The molecule has 0 saturated heterocycles. The molecule has 7 heteroatoms. The van der Waals surface area contributed by atoms with Gasteiger partial charge in [-0.15, -0.1) is 0 Å². The lowest BCUT2D eigenvalue weighted by Crippen LogP contribution is -2.20. The van der Waals surface area contributed by atoms with Crippen molar-refractivity contribution in [2.24, 2.45) is 0 Å². The summed E-state index contributed by atoms with van der Waals surface area (Å²) in [5.41, 5.74) is 1.53. The van der Waals surface area contributed by atoms with Crippen LogP contribution in [0, 0.1) is 4.77 Å². The molecule has 0 aliphatic rings. The largest absolute Gasteiger partial charge is 0.484 e. The summed E-state index contributed by atoms with van der Waals surface area (Å²) in [5.74, 6) is 0.335. The van der Waals surface area contributed by atoms with Crippen LogP contribution in [-0.2, 0) is 4.79 Å². The van der Waals surface area contributed by atoms with Crippen LogP contribution in [0.3, 0.4) is 0 Å². The van der Waals surface area contributed by atoms with E-state index >= 15 is 0 Å². The third-order valence-corrected chi connectivity index (χ3v) is 3.81. The van der Waals surface area contributed by atoms with Gasteiger partial charge in [0.2, 0.25) is 0 Å². The Morgan fingerprint density at radius 2 is 2.04 bits per heavy atom. The summed E-state index contributed by atoms with van der Waals surface area (Å²) < 4.78 is 7.82. The molecule has 0 aliphatic heterocycles. The number of hydrogen-bond donors (Lipinski definition) is 2. The Balaban J connectivity index is 1.63. The maximum absolute atomic E-state index is 12.0.